The van der Waals surface area contributed by atoms with E-state index in [2.05, 4.69) is 46.2 Å². The van der Waals surface area contributed by atoms with Crippen LogP contribution in [0.2, 0.25) is 0 Å². The first kappa shape index (κ1) is 11.9. The van der Waals surface area contributed by atoms with Crippen molar-refractivity contribution in [3.8, 4) is 0 Å². The Labute approximate surface area is 105 Å². The summed E-state index contributed by atoms with van der Waals surface area (Å²) in [7, 11) is 0. The molecule has 1 aromatic heterocycles. The molecule has 0 radical (unpaired) electrons. The summed E-state index contributed by atoms with van der Waals surface area (Å²) in [4.78, 5) is 4.30. The topological polar surface area (TPSA) is 62.4 Å². The Balaban J connectivity index is 2.16. The minimum atomic E-state index is 0.599. The van der Waals surface area contributed by atoms with Crippen molar-refractivity contribution in [3.63, 3.8) is 0 Å². The van der Waals surface area contributed by atoms with Crippen LogP contribution in [0.25, 0.3) is 10.1 Å². The molecule has 0 aliphatic heterocycles. The van der Waals surface area contributed by atoms with Gasteiger partial charge in [0.15, 0.2) is 0 Å². The van der Waals surface area contributed by atoms with E-state index >= 15 is 0 Å². The van der Waals surface area contributed by atoms with Gasteiger partial charge in [-0.3, -0.25) is 10.4 Å². The van der Waals surface area contributed by atoms with Crippen molar-refractivity contribution < 1.29 is 0 Å². The molecule has 2 rings (SSSR count). The zero-order chi connectivity index (χ0) is 12.1. The second-order valence-corrected chi connectivity index (χ2v) is 4.62. The fourth-order valence-corrected chi connectivity index (χ4v) is 2.30. The van der Waals surface area contributed by atoms with Crippen LogP contribution in [0.5, 0.6) is 0 Å². The molecule has 0 bridgehead atoms. The quantitative estimate of drug-likeness (QED) is 0.338. The molecule has 0 atom stereocenters. The van der Waals surface area contributed by atoms with Gasteiger partial charge in [-0.15, -0.1) is 11.3 Å². The lowest BCUT2D eigenvalue weighted by atomic mass is 10.2. The van der Waals surface area contributed by atoms with Crippen molar-refractivity contribution in [3.05, 3.63) is 29.6 Å². The highest BCUT2D eigenvalue weighted by atomic mass is 32.1. The molecule has 5 heteroatoms. The normalized spacial score (nSPS) is 11.8. The Hall–Kier alpha value is -1.59. The molecule has 0 aliphatic rings. The maximum absolute atomic E-state index is 5.41. The lowest BCUT2D eigenvalue weighted by Crippen LogP contribution is -2.36. The number of thiophene rings is 1. The molecule has 0 aliphatic carbocycles. The first-order valence-electron chi connectivity index (χ1n) is 5.59. The monoisotopic (exact) mass is 248 g/mol. The van der Waals surface area contributed by atoms with Crippen LogP contribution in [0, 0.1) is 0 Å². The number of fused-ring (bicyclic) bond motifs is 1. The second-order valence-electron chi connectivity index (χ2n) is 3.67. The number of rotatable bonds is 3. The number of nitrogens with two attached hydrogens (primary N) is 1. The van der Waals surface area contributed by atoms with Crippen LogP contribution in [0.4, 0.5) is 5.69 Å². The lowest BCUT2D eigenvalue weighted by Gasteiger charge is -2.08. The van der Waals surface area contributed by atoms with Crippen LogP contribution in [0.3, 0.4) is 0 Å². The molecular formula is C12H16N4S. The molecular weight excluding hydrogens is 232 g/mol. The van der Waals surface area contributed by atoms with Crippen molar-refractivity contribution in [1.29, 1.82) is 0 Å². The lowest BCUT2D eigenvalue weighted by molar-refractivity contribution is 0.905. The van der Waals surface area contributed by atoms with Crippen molar-refractivity contribution >= 4 is 33.1 Å². The Morgan fingerprint density at radius 2 is 2.29 bits per heavy atom. The van der Waals surface area contributed by atoms with Crippen LogP contribution in [0.1, 0.15) is 13.3 Å². The van der Waals surface area contributed by atoms with E-state index in [9.17, 15) is 0 Å². The van der Waals surface area contributed by atoms with Gasteiger partial charge in [-0.1, -0.05) is 6.92 Å². The number of anilines is 1. The number of aliphatic imine (C=N–C) groups is 1. The molecule has 0 saturated heterocycles. The number of guanidine groups is 1. The summed E-state index contributed by atoms with van der Waals surface area (Å²) in [6, 6.07) is 8.31. The molecule has 1 aromatic carbocycles. The summed E-state index contributed by atoms with van der Waals surface area (Å²) in [6.45, 7) is 2.84. The van der Waals surface area contributed by atoms with Crippen LogP contribution < -0.4 is 16.6 Å². The smallest absolute Gasteiger partial charge is 0.210 e. The molecule has 0 fully saturated rings. The molecule has 0 saturated carbocycles. The second kappa shape index (κ2) is 5.65. The maximum Gasteiger partial charge on any atom is 0.210 e. The average molecular weight is 248 g/mol. The van der Waals surface area contributed by atoms with Crippen molar-refractivity contribution in [1.82, 2.24) is 5.43 Å². The van der Waals surface area contributed by atoms with Gasteiger partial charge in [0.25, 0.3) is 0 Å². The van der Waals surface area contributed by atoms with Gasteiger partial charge in [-0.25, -0.2) is 5.84 Å². The molecule has 1 heterocycles. The summed E-state index contributed by atoms with van der Waals surface area (Å²) in [5.41, 5.74) is 3.56. The van der Waals surface area contributed by atoms with E-state index in [0.29, 0.717) is 5.96 Å². The standard InChI is InChI=1S/C12H16N4S/c1-2-6-14-12(16-13)15-10-3-4-11-9(8-10)5-7-17-11/h3-5,7-8H,2,6,13H2,1H3,(H2,14,15,16). The molecule has 4 N–H and O–H groups in total. The minimum Gasteiger partial charge on any atom is -0.325 e. The van der Waals surface area contributed by atoms with Gasteiger partial charge in [0, 0.05) is 16.9 Å². The van der Waals surface area contributed by atoms with E-state index in [4.69, 9.17) is 5.84 Å². The van der Waals surface area contributed by atoms with Gasteiger partial charge in [0.05, 0.1) is 0 Å². The van der Waals surface area contributed by atoms with Gasteiger partial charge >= 0.3 is 0 Å². The molecule has 90 valence electrons. The third kappa shape index (κ3) is 2.95. The first-order valence-corrected chi connectivity index (χ1v) is 6.47. The summed E-state index contributed by atoms with van der Waals surface area (Å²) in [6.07, 6.45) is 0.996. The summed E-state index contributed by atoms with van der Waals surface area (Å²) < 4.78 is 1.28. The van der Waals surface area contributed by atoms with Crippen LogP contribution >= 0.6 is 11.3 Å². The van der Waals surface area contributed by atoms with E-state index in [1.807, 2.05) is 6.07 Å². The molecule has 0 amide bonds. The molecule has 4 nitrogen and oxygen atoms in total. The number of nitrogens with zero attached hydrogens (tertiary/aromatic N) is 1. The molecule has 2 aromatic rings. The van der Waals surface area contributed by atoms with E-state index in [1.54, 1.807) is 11.3 Å². The molecule has 0 spiro atoms. The number of hydrogen-bond donors (Lipinski definition) is 3. The predicted octanol–water partition coefficient (Wildman–Crippen LogP) is 2.54. The van der Waals surface area contributed by atoms with Crippen molar-refractivity contribution in [2.45, 2.75) is 13.3 Å². The minimum absolute atomic E-state index is 0.599. The highest BCUT2D eigenvalue weighted by Gasteiger charge is 2.00. The third-order valence-corrected chi connectivity index (χ3v) is 3.24. The number of benzene rings is 1. The van der Waals surface area contributed by atoms with Gasteiger partial charge < -0.3 is 5.32 Å². The van der Waals surface area contributed by atoms with Crippen LogP contribution in [0.15, 0.2) is 34.6 Å². The van der Waals surface area contributed by atoms with Crippen molar-refractivity contribution in [2.24, 2.45) is 10.8 Å². The SMILES string of the molecule is CCCN=C(NN)Nc1ccc2sccc2c1. The highest BCUT2D eigenvalue weighted by Crippen LogP contribution is 2.23. The zero-order valence-electron chi connectivity index (χ0n) is 9.73. The summed E-state index contributed by atoms with van der Waals surface area (Å²) >= 11 is 1.74. The average Bonchev–Trinajstić information content (AvgIpc) is 2.81. The Kier molecular flexibility index (Phi) is 3.95. The first-order chi connectivity index (χ1) is 8.33. The number of nitrogens with one attached hydrogen (secondary N) is 2. The maximum atomic E-state index is 5.41. The van der Waals surface area contributed by atoms with Crippen LogP contribution in [-0.4, -0.2) is 12.5 Å². The Bertz CT molecular complexity index is 518. The highest BCUT2D eigenvalue weighted by molar-refractivity contribution is 7.17. The van der Waals surface area contributed by atoms with Crippen molar-refractivity contribution in [2.75, 3.05) is 11.9 Å². The summed E-state index contributed by atoms with van der Waals surface area (Å²) in [5, 5.41) is 6.48. The Morgan fingerprint density at radius 3 is 3.06 bits per heavy atom. The van der Waals surface area contributed by atoms with Gasteiger partial charge in [0.1, 0.15) is 0 Å². The third-order valence-electron chi connectivity index (χ3n) is 2.35. The fraction of sp³-hybridized carbons (Fsp3) is 0.250. The van der Waals surface area contributed by atoms with E-state index in [0.717, 1.165) is 18.7 Å². The Morgan fingerprint density at radius 1 is 1.41 bits per heavy atom. The predicted molar refractivity (Wildman–Crippen MR) is 75.4 cm³/mol. The van der Waals surface area contributed by atoms with E-state index in [-0.39, 0.29) is 0 Å². The van der Waals surface area contributed by atoms with E-state index < -0.39 is 0 Å². The number of hydrazine groups is 1. The zero-order valence-corrected chi connectivity index (χ0v) is 10.6. The fourth-order valence-electron chi connectivity index (χ4n) is 1.53. The van der Waals surface area contributed by atoms with Gasteiger partial charge in [0.2, 0.25) is 5.96 Å². The van der Waals surface area contributed by atoms with Crippen LogP contribution in [-0.2, 0) is 0 Å². The summed E-state index contributed by atoms with van der Waals surface area (Å²) in [5.74, 6) is 6.01. The van der Waals surface area contributed by atoms with Gasteiger partial charge in [-0.2, -0.15) is 0 Å². The molecule has 17 heavy (non-hydrogen) atoms. The number of hydrogen-bond acceptors (Lipinski definition) is 3. The largest absolute Gasteiger partial charge is 0.325 e. The van der Waals surface area contributed by atoms with E-state index in [1.165, 1.54) is 10.1 Å². The van der Waals surface area contributed by atoms with Gasteiger partial charge in [-0.05, 0) is 41.5 Å². The molecule has 0 unspecified atom stereocenters.